The van der Waals surface area contributed by atoms with Crippen molar-refractivity contribution in [1.29, 1.82) is 0 Å². The Morgan fingerprint density at radius 1 is 1.17 bits per heavy atom. The molecule has 1 saturated heterocycles. The highest BCUT2D eigenvalue weighted by atomic mass is 16.5. The van der Waals surface area contributed by atoms with Gasteiger partial charge in [0.05, 0.1) is 38.9 Å². The quantitative estimate of drug-likeness (QED) is 0.564. The first-order chi connectivity index (χ1) is 16.9. The third-order valence-corrected chi connectivity index (χ3v) is 7.16. The molecule has 3 aromatic rings. The molecule has 1 fully saturated rings. The highest BCUT2D eigenvalue weighted by Gasteiger charge is 2.48. The minimum absolute atomic E-state index is 0.0109. The van der Waals surface area contributed by atoms with Crippen LogP contribution in [0.5, 0.6) is 11.5 Å². The highest BCUT2D eigenvalue weighted by Crippen LogP contribution is 2.35. The van der Waals surface area contributed by atoms with Crippen LogP contribution < -0.4 is 14.8 Å². The number of para-hydroxylation sites is 1. The summed E-state index contributed by atoms with van der Waals surface area (Å²) < 4.78 is 18.6. The maximum Gasteiger partial charge on any atom is 0.271 e. The van der Waals surface area contributed by atoms with Gasteiger partial charge >= 0.3 is 0 Å². The average Bonchev–Trinajstić information content (AvgIpc) is 3.53. The molecule has 1 N–H and O–H groups in total. The van der Waals surface area contributed by atoms with Gasteiger partial charge in [-0.2, -0.15) is 0 Å². The Labute approximate surface area is 204 Å². The number of aromatic nitrogens is 1. The Morgan fingerprint density at radius 3 is 2.74 bits per heavy atom. The van der Waals surface area contributed by atoms with Gasteiger partial charge in [-0.15, -0.1) is 0 Å². The first kappa shape index (κ1) is 23.2. The van der Waals surface area contributed by atoms with Gasteiger partial charge in [0.15, 0.2) is 0 Å². The smallest absolute Gasteiger partial charge is 0.271 e. The molecule has 3 heterocycles. The van der Waals surface area contributed by atoms with Gasteiger partial charge in [0.25, 0.3) is 5.91 Å². The molecule has 2 atom stereocenters. The fourth-order valence-electron chi connectivity index (χ4n) is 5.11. The van der Waals surface area contributed by atoms with E-state index in [0.717, 1.165) is 35.9 Å². The number of ether oxygens (including phenoxy) is 3. The van der Waals surface area contributed by atoms with Crippen LogP contribution in [0.25, 0.3) is 10.9 Å². The van der Waals surface area contributed by atoms with Crippen LogP contribution in [-0.4, -0.2) is 60.3 Å². The summed E-state index contributed by atoms with van der Waals surface area (Å²) in [6.45, 7) is 3.55. The van der Waals surface area contributed by atoms with E-state index in [2.05, 4.69) is 5.32 Å². The second-order valence-corrected chi connectivity index (χ2v) is 9.36. The van der Waals surface area contributed by atoms with Crippen molar-refractivity contribution in [3.63, 3.8) is 0 Å². The summed E-state index contributed by atoms with van der Waals surface area (Å²) in [4.78, 5) is 29.4. The van der Waals surface area contributed by atoms with Crippen LogP contribution in [0.2, 0.25) is 0 Å². The Balaban J connectivity index is 1.55. The molecule has 1 aromatic heterocycles. The maximum absolute atomic E-state index is 14.0. The van der Waals surface area contributed by atoms with E-state index in [1.165, 1.54) is 0 Å². The molecule has 0 saturated carbocycles. The number of carbonyl (C=O) groups excluding carboxylic acids is 2. The van der Waals surface area contributed by atoms with Crippen molar-refractivity contribution in [1.82, 2.24) is 14.8 Å². The van der Waals surface area contributed by atoms with Crippen molar-refractivity contribution in [2.45, 2.75) is 44.5 Å². The molecule has 2 aromatic carbocycles. The Morgan fingerprint density at radius 2 is 2.00 bits per heavy atom. The van der Waals surface area contributed by atoms with Crippen LogP contribution >= 0.6 is 0 Å². The second-order valence-electron chi connectivity index (χ2n) is 9.36. The SMILES string of the molecule is COc1ccc2cc3n(c2c1)C[C@@](C)(C(=O)NC[C@H]1CCCO1)N(Cc1ccccc1OC)C3=O. The molecule has 2 aliphatic heterocycles. The Bertz CT molecular complexity index is 1260. The zero-order valence-electron chi connectivity index (χ0n) is 20.4. The van der Waals surface area contributed by atoms with Crippen LogP contribution in [0.4, 0.5) is 0 Å². The van der Waals surface area contributed by atoms with E-state index in [9.17, 15) is 9.59 Å². The third-order valence-electron chi connectivity index (χ3n) is 7.16. The molecule has 0 bridgehead atoms. The standard InChI is InChI=1S/C27H31N3O5/c1-27(26(32)28-15-21-8-6-12-35-21)17-29-22-14-20(33-2)11-10-18(22)13-23(29)25(31)30(27)16-19-7-4-5-9-24(19)34-3/h4-5,7,9-11,13-14,21H,6,8,12,15-17H2,1-3H3,(H,28,32)/t21-,27+/m1/s1. The van der Waals surface area contributed by atoms with E-state index in [4.69, 9.17) is 14.2 Å². The molecule has 5 rings (SSSR count). The molecular formula is C27H31N3O5. The van der Waals surface area contributed by atoms with Crippen molar-refractivity contribution < 1.29 is 23.8 Å². The fourth-order valence-corrected chi connectivity index (χ4v) is 5.11. The lowest BCUT2D eigenvalue weighted by atomic mass is 9.93. The Hall–Kier alpha value is -3.52. The number of rotatable bonds is 7. The van der Waals surface area contributed by atoms with Crippen LogP contribution in [0.3, 0.4) is 0 Å². The van der Waals surface area contributed by atoms with Gasteiger partial charge in [-0.05, 0) is 44.0 Å². The molecule has 2 amide bonds. The summed E-state index contributed by atoms with van der Waals surface area (Å²) in [5.74, 6) is 0.976. The van der Waals surface area contributed by atoms with Gasteiger partial charge in [0, 0.05) is 30.2 Å². The van der Waals surface area contributed by atoms with Crippen molar-refractivity contribution in [2.75, 3.05) is 27.4 Å². The number of carbonyl (C=O) groups is 2. The van der Waals surface area contributed by atoms with Crippen LogP contribution in [0.1, 0.15) is 35.8 Å². The molecular weight excluding hydrogens is 446 g/mol. The highest BCUT2D eigenvalue weighted by molar-refractivity contribution is 6.03. The van der Waals surface area contributed by atoms with Crippen LogP contribution in [0.15, 0.2) is 48.5 Å². The third kappa shape index (κ3) is 4.12. The normalized spacial score (nSPS) is 21.7. The first-order valence-electron chi connectivity index (χ1n) is 12.0. The molecule has 8 heteroatoms. The number of hydrogen-bond donors (Lipinski definition) is 1. The number of benzene rings is 2. The second kappa shape index (κ2) is 9.26. The van der Waals surface area contributed by atoms with Gasteiger partial charge in [-0.3, -0.25) is 9.59 Å². The minimum atomic E-state index is -1.13. The summed E-state index contributed by atoms with van der Waals surface area (Å²) in [5, 5.41) is 3.99. The lowest BCUT2D eigenvalue weighted by Gasteiger charge is -2.44. The van der Waals surface area contributed by atoms with E-state index >= 15 is 0 Å². The summed E-state index contributed by atoms with van der Waals surface area (Å²) in [6, 6.07) is 15.2. The molecule has 184 valence electrons. The topological polar surface area (TPSA) is 82.0 Å². The van der Waals surface area contributed by atoms with E-state index in [1.807, 2.05) is 60.0 Å². The van der Waals surface area contributed by atoms with E-state index in [0.29, 0.717) is 30.3 Å². The van der Waals surface area contributed by atoms with Crippen molar-refractivity contribution in [3.8, 4) is 11.5 Å². The number of fused-ring (bicyclic) bond motifs is 3. The average molecular weight is 478 g/mol. The van der Waals surface area contributed by atoms with Gasteiger partial charge in [0.1, 0.15) is 22.7 Å². The lowest BCUT2D eigenvalue weighted by molar-refractivity contribution is -0.133. The minimum Gasteiger partial charge on any atom is -0.497 e. The predicted molar refractivity (Wildman–Crippen MR) is 132 cm³/mol. The molecule has 0 aliphatic carbocycles. The van der Waals surface area contributed by atoms with Gasteiger partial charge in [-0.1, -0.05) is 18.2 Å². The lowest BCUT2D eigenvalue weighted by Crippen LogP contribution is -2.64. The molecule has 8 nitrogen and oxygen atoms in total. The van der Waals surface area contributed by atoms with Gasteiger partial charge < -0.3 is 29.0 Å². The number of methoxy groups -OCH3 is 2. The zero-order chi connectivity index (χ0) is 24.6. The summed E-state index contributed by atoms with van der Waals surface area (Å²) in [5.41, 5.74) is 1.13. The maximum atomic E-state index is 14.0. The van der Waals surface area contributed by atoms with E-state index in [-0.39, 0.29) is 24.5 Å². The molecule has 0 unspecified atom stereocenters. The van der Waals surface area contributed by atoms with E-state index in [1.54, 1.807) is 19.1 Å². The molecule has 0 spiro atoms. The Kier molecular flexibility index (Phi) is 6.15. The number of nitrogens with one attached hydrogen (secondary N) is 1. The van der Waals surface area contributed by atoms with E-state index < -0.39 is 5.54 Å². The zero-order valence-corrected chi connectivity index (χ0v) is 20.4. The summed E-state index contributed by atoms with van der Waals surface area (Å²) in [6.07, 6.45) is 1.93. The van der Waals surface area contributed by atoms with Crippen LogP contribution in [-0.2, 0) is 22.6 Å². The first-order valence-corrected chi connectivity index (χ1v) is 12.0. The van der Waals surface area contributed by atoms with Gasteiger partial charge in [0.2, 0.25) is 5.91 Å². The van der Waals surface area contributed by atoms with Crippen molar-refractivity contribution in [3.05, 3.63) is 59.8 Å². The van der Waals surface area contributed by atoms with Crippen LogP contribution in [0, 0.1) is 0 Å². The van der Waals surface area contributed by atoms with Gasteiger partial charge in [-0.25, -0.2) is 0 Å². The van der Waals surface area contributed by atoms with Crippen molar-refractivity contribution in [2.24, 2.45) is 0 Å². The number of amides is 2. The number of nitrogens with zero attached hydrogens (tertiary/aromatic N) is 2. The van der Waals surface area contributed by atoms with Crippen molar-refractivity contribution >= 4 is 22.7 Å². The predicted octanol–water partition coefficient (Wildman–Crippen LogP) is 3.37. The summed E-state index contributed by atoms with van der Waals surface area (Å²) >= 11 is 0. The molecule has 35 heavy (non-hydrogen) atoms. The fraction of sp³-hybridized carbons (Fsp3) is 0.407. The largest absolute Gasteiger partial charge is 0.497 e. The number of hydrogen-bond acceptors (Lipinski definition) is 5. The molecule has 0 radical (unpaired) electrons. The monoisotopic (exact) mass is 477 g/mol. The summed E-state index contributed by atoms with van der Waals surface area (Å²) in [7, 11) is 3.22. The molecule has 2 aliphatic rings.